The second-order valence-electron chi connectivity index (χ2n) is 4.84. The molecule has 2 N–H and O–H groups in total. The van der Waals surface area contributed by atoms with Gasteiger partial charge in [0.25, 0.3) is 5.91 Å². The van der Waals surface area contributed by atoms with Gasteiger partial charge in [0.2, 0.25) is 10.0 Å². The normalized spacial score (nSPS) is 11.0. The number of para-hydroxylation sites is 1. The molecule has 0 fully saturated rings. The predicted molar refractivity (Wildman–Crippen MR) is 89.1 cm³/mol. The maximum absolute atomic E-state index is 12.3. The number of amides is 1. The average Bonchev–Trinajstić information content (AvgIpc) is 2.42. The number of hydrogen-bond acceptors (Lipinski definition) is 3. The summed E-state index contributed by atoms with van der Waals surface area (Å²) in [7, 11) is -3.47. The fourth-order valence-corrected chi connectivity index (χ4v) is 2.64. The topological polar surface area (TPSA) is 75.3 Å². The Kier molecular flexibility index (Phi) is 4.73. The van der Waals surface area contributed by atoms with Crippen molar-refractivity contribution in [3.05, 3.63) is 58.6 Å². The molecule has 0 saturated heterocycles. The molecular weight excluding hydrogens is 324 g/mol. The van der Waals surface area contributed by atoms with Gasteiger partial charge >= 0.3 is 0 Å². The van der Waals surface area contributed by atoms with Crippen LogP contribution in [0.3, 0.4) is 0 Å². The Balaban J connectivity index is 2.27. The van der Waals surface area contributed by atoms with Crippen molar-refractivity contribution in [3.63, 3.8) is 0 Å². The van der Waals surface area contributed by atoms with Crippen LogP contribution in [0.1, 0.15) is 15.9 Å². The molecule has 0 heterocycles. The summed E-state index contributed by atoms with van der Waals surface area (Å²) in [6.07, 6.45) is 1.02. The van der Waals surface area contributed by atoms with Crippen LogP contribution in [0.15, 0.2) is 42.5 Å². The van der Waals surface area contributed by atoms with Crippen LogP contribution >= 0.6 is 11.6 Å². The van der Waals surface area contributed by atoms with Crippen LogP contribution in [0.5, 0.6) is 0 Å². The van der Waals surface area contributed by atoms with Crippen molar-refractivity contribution in [2.75, 3.05) is 16.3 Å². The third-order valence-electron chi connectivity index (χ3n) is 2.92. The second kappa shape index (κ2) is 6.37. The summed E-state index contributed by atoms with van der Waals surface area (Å²) in [4.78, 5) is 12.3. The zero-order valence-corrected chi connectivity index (χ0v) is 13.6. The van der Waals surface area contributed by atoms with Crippen LogP contribution < -0.4 is 10.0 Å². The quantitative estimate of drug-likeness (QED) is 0.898. The van der Waals surface area contributed by atoms with E-state index in [4.69, 9.17) is 11.6 Å². The highest BCUT2D eigenvalue weighted by Gasteiger charge is 2.12. The van der Waals surface area contributed by atoms with Gasteiger partial charge in [0, 0.05) is 11.3 Å². The van der Waals surface area contributed by atoms with Crippen LogP contribution in [0.2, 0.25) is 5.02 Å². The summed E-state index contributed by atoms with van der Waals surface area (Å²) in [6.45, 7) is 1.88. The molecule has 0 bridgehead atoms. The van der Waals surface area contributed by atoms with E-state index in [9.17, 15) is 13.2 Å². The summed E-state index contributed by atoms with van der Waals surface area (Å²) >= 11 is 5.93. The van der Waals surface area contributed by atoms with E-state index >= 15 is 0 Å². The molecule has 0 radical (unpaired) electrons. The molecule has 116 valence electrons. The van der Waals surface area contributed by atoms with Gasteiger partial charge in [-0.2, -0.15) is 0 Å². The van der Waals surface area contributed by atoms with E-state index in [1.54, 1.807) is 6.07 Å². The molecule has 0 unspecified atom stereocenters. The molecule has 0 aliphatic heterocycles. The number of sulfonamides is 1. The number of carbonyl (C=O) groups is 1. The minimum Gasteiger partial charge on any atom is -0.322 e. The van der Waals surface area contributed by atoms with Crippen LogP contribution in [-0.4, -0.2) is 20.6 Å². The molecule has 0 atom stereocenters. The van der Waals surface area contributed by atoms with Gasteiger partial charge < -0.3 is 5.32 Å². The lowest BCUT2D eigenvalue weighted by Crippen LogP contribution is -2.14. The minimum atomic E-state index is -3.47. The molecule has 7 heteroatoms. The van der Waals surface area contributed by atoms with E-state index in [-0.39, 0.29) is 16.6 Å². The van der Waals surface area contributed by atoms with Gasteiger partial charge in [-0.3, -0.25) is 9.52 Å². The average molecular weight is 339 g/mol. The highest BCUT2D eigenvalue weighted by molar-refractivity contribution is 7.92. The summed E-state index contributed by atoms with van der Waals surface area (Å²) in [5.41, 5.74) is 2.10. The molecular formula is C15H15ClN2O3S. The number of anilines is 2. The molecule has 0 aromatic heterocycles. The Bertz CT molecular complexity index is 819. The van der Waals surface area contributed by atoms with Crippen molar-refractivity contribution in [2.45, 2.75) is 6.92 Å². The number of carbonyl (C=O) groups excluding carboxylic acids is 1. The first-order valence-electron chi connectivity index (χ1n) is 6.40. The molecule has 5 nitrogen and oxygen atoms in total. The lowest BCUT2D eigenvalue weighted by atomic mass is 10.1. The fourth-order valence-electron chi connectivity index (χ4n) is 1.85. The number of benzene rings is 2. The Morgan fingerprint density at radius 1 is 1.09 bits per heavy atom. The van der Waals surface area contributed by atoms with Crippen molar-refractivity contribution >= 4 is 38.9 Å². The molecule has 2 aromatic rings. The second-order valence-corrected chi connectivity index (χ2v) is 6.99. The molecule has 2 rings (SSSR count). The molecule has 0 aliphatic carbocycles. The summed E-state index contributed by atoms with van der Waals surface area (Å²) in [5, 5.41) is 3.00. The highest BCUT2D eigenvalue weighted by atomic mass is 35.5. The van der Waals surface area contributed by atoms with Crippen molar-refractivity contribution in [1.29, 1.82) is 0 Å². The van der Waals surface area contributed by atoms with E-state index in [0.29, 0.717) is 11.3 Å². The Morgan fingerprint density at radius 3 is 2.41 bits per heavy atom. The molecule has 0 spiro atoms. The van der Waals surface area contributed by atoms with Crippen LogP contribution in [0, 0.1) is 6.92 Å². The minimum absolute atomic E-state index is 0.168. The van der Waals surface area contributed by atoms with Gasteiger partial charge in [0.15, 0.2) is 0 Å². The SMILES string of the molecule is Cc1ccccc1NC(=O)c1ccc(Cl)c(NS(C)(=O)=O)c1. The van der Waals surface area contributed by atoms with Crippen molar-refractivity contribution in [1.82, 2.24) is 0 Å². The number of aryl methyl sites for hydroxylation is 1. The number of rotatable bonds is 4. The first-order chi connectivity index (χ1) is 10.3. The van der Waals surface area contributed by atoms with E-state index in [2.05, 4.69) is 10.0 Å². The van der Waals surface area contributed by atoms with E-state index < -0.39 is 10.0 Å². The fraction of sp³-hybridized carbons (Fsp3) is 0.133. The van der Waals surface area contributed by atoms with E-state index in [1.165, 1.54) is 18.2 Å². The first kappa shape index (κ1) is 16.3. The zero-order chi connectivity index (χ0) is 16.3. The zero-order valence-electron chi connectivity index (χ0n) is 12.1. The van der Waals surface area contributed by atoms with Gasteiger partial charge in [0.1, 0.15) is 0 Å². The maximum Gasteiger partial charge on any atom is 0.255 e. The standard InChI is InChI=1S/C15H15ClN2O3S/c1-10-5-3-4-6-13(10)17-15(19)11-7-8-12(16)14(9-11)18-22(2,20)21/h3-9,18H,1-2H3,(H,17,19). The molecule has 22 heavy (non-hydrogen) atoms. The van der Waals surface area contributed by atoms with Gasteiger partial charge in [-0.05, 0) is 36.8 Å². The predicted octanol–water partition coefficient (Wildman–Crippen LogP) is 3.27. The molecule has 1 amide bonds. The summed E-state index contributed by atoms with van der Waals surface area (Å²) in [5.74, 6) is -0.345. The van der Waals surface area contributed by atoms with Crippen LogP contribution in [-0.2, 0) is 10.0 Å². The smallest absolute Gasteiger partial charge is 0.255 e. The third kappa shape index (κ3) is 4.22. The largest absolute Gasteiger partial charge is 0.322 e. The Morgan fingerprint density at radius 2 is 1.77 bits per heavy atom. The van der Waals surface area contributed by atoms with Gasteiger partial charge in [0.05, 0.1) is 17.0 Å². The Labute approximate surface area is 134 Å². The van der Waals surface area contributed by atoms with Gasteiger partial charge in [-0.1, -0.05) is 29.8 Å². The lowest BCUT2D eigenvalue weighted by molar-refractivity contribution is 0.102. The summed E-state index contributed by atoms with van der Waals surface area (Å²) in [6, 6.07) is 11.8. The van der Waals surface area contributed by atoms with Crippen molar-refractivity contribution < 1.29 is 13.2 Å². The monoisotopic (exact) mass is 338 g/mol. The molecule has 0 aliphatic rings. The Hall–Kier alpha value is -2.05. The highest BCUT2D eigenvalue weighted by Crippen LogP contribution is 2.24. The van der Waals surface area contributed by atoms with Crippen LogP contribution in [0.25, 0.3) is 0 Å². The van der Waals surface area contributed by atoms with E-state index in [0.717, 1.165) is 11.8 Å². The third-order valence-corrected chi connectivity index (χ3v) is 3.84. The number of nitrogens with one attached hydrogen (secondary N) is 2. The van der Waals surface area contributed by atoms with Gasteiger partial charge in [-0.15, -0.1) is 0 Å². The van der Waals surface area contributed by atoms with Crippen molar-refractivity contribution in [2.24, 2.45) is 0 Å². The lowest BCUT2D eigenvalue weighted by Gasteiger charge is -2.11. The van der Waals surface area contributed by atoms with Crippen molar-refractivity contribution in [3.8, 4) is 0 Å². The molecule has 0 saturated carbocycles. The van der Waals surface area contributed by atoms with Gasteiger partial charge in [-0.25, -0.2) is 8.42 Å². The molecule has 2 aromatic carbocycles. The number of hydrogen-bond donors (Lipinski definition) is 2. The number of halogens is 1. The summed E-state index contributed by atoms with van der Waals surface area (Å²) < 4.78 is 24.9. The van der Waals surface area contributed by atoms with E-state index in [1.807, 2.05) is 25.1 Å². The first-order valence-corrected chi connectivity index (χ1v) is 8.67. The van der Waals surface area contributed by atoms with Crippen LogP contribution in [0.4, 0.5) is 11.4 Å². The maximum atomic E-state index is 12.3.